The summed E-state index contributed by atoms with van der Waals surface area (Å²) in [6, 6.07) is 0.101. The van der Waals surface area contributed by atoms with Crippen LogP contribution >= 0.6 is 0 Å². The molecule has 0 amide bonds. The second-order valence-electron chi connectivity index (χ2n) is 6.58. The number of hydrogen-bond donors (Lipinski definition) is 1. The Bertz CT molecular complexity index is 394. The van der Waals surface area contributed by atoms with E-state index in [-0.39, 0.29) is 6.04 Å². The van der Waals surface area contributed by atoms with E-state index < -0.39 is 10.0 Å². The molecule has 0 aromatic rings. The van der Waals surface area contributed by atoms with Crippen molar-refractivity contribution in [3.05, 3.63) is 0 Å². The monoisotopic (exact) mass is 318 g/mol. The number of nitrogens with zero attached hydrogens (tertiary/aromatic N) is 1. The van der Waals surface area contributed by atoms with E-state index in [9.17, 15) is 8.42 Å². The van der Waals surface area contributed by atoms with Crippen molar-refractivity contribution < 1.29 is 13.2 Å². The van der Waals surface area contributed by atoms with E-state index in [1.807, 2.05) is 0 Å². The predicted octanol–water partition coefficient (Wildman–Crippen LogP) is 1.60. The van der Waals surface area contributed by atoms with Gasteiger partial charge < -0.3 is 9.64 Å². The molecule has 0 aliphatic carbocycles. The fourth-order valence-electron chi connectivity index (χ4n) is 3.46. The molecule has 2 heterocycles. The minimum atomic E-state index is -3.08. The van der Waals surface area contributed by atoms with Gasteiger partial charge in [-0.25, -0.2) is 13.1 Å². The minimum absolute atomic E-state index is 0.101. The molecule has 2 saturated heterocycles. The number of likely N-dealkylation sites (tertiary alicyclic amines) is 1. The van der Waals surface area contributed by atoms with E-state index in [1.54, 1.807) is 0 Å². The van der Waals surface area contributed by atoms with E-state index in [4.69, 9.17) is 4.74 Å². The lowest BCUT2D eigenvalue weighted by atomic mass is 9.94. The van der Waals surface area contributed by atoms with E-state index in [0.29, 0.717) is 0 Å². The van der Waals surface area contributed by atoms with Crippen molar-refractivity contribution in [3.8, 4) is 0 Å². The third-order valence-electron chi connectivity index (χ3n) is 4.56. The lowest BCUT2D eigenvalue weighted by Crippen LogP contribution is -2.47. The molecular weight excluding hydrogens is 288 g/mol. The fraction of sp³-hybridized carbons (Fsp3) is 1.00. The Balaban J connectivity index is 1.59. The Kier molecular flexibility index (Phi) is 6.92. The van der Waals surface area contributed by atoms with Gasteiger partial charge in [0, 0.05) is 25.8 Å². The average molecular weight is 318 g/mol. The predicted molar refractivity (Wildman–Crippen MR) is 84.8 cm³/mol. The number of unbranched alkanes of at least 4 members (excludes halogenated alkanes) is 1. The molecule has 0 unspecified atom stereocenters. The van der Waals surface area contributed by atoms with E-state index in [2.05, 4.69) is 9.62 Å². The number of nitrogens with one attached hydrogen (secondary N) is 1. The lowest BCUT2D eigenvalue weighted by molar-refractivity contribution is 0.0627. The number of sulfonamides is 1. The van der Waals surface area contributed by atoms with Gasteiger partial charge in [0.2, 0.25) is 10.0 Å². The zero-order chi connectivity index (χ0) is 15.1. The summed E-state index contributed by atoms with van der Waals surface area (Å²) in [6.07, 6.45) is 9.59. The Hall–Kier alpha value is -0.170. The summed E-state index contributed by atoms with van der Waals surface area (Å²) in [5.74, 6) is 0.861. The highest BCUT2D eigenvalue weighted by atomic mass is 32.2. The molecule has 6 heteroatoms. The lowest BCUT2D eigenvalue weighted by Gasteiger charge is -2.32. The third kappa shape index (κ3) is 7.08. The van der Waals surface area contributed by atoms with Crippen LogP contribution in [0.25, 0.3) is 0 Å². The standard InChI is InChI=1S/C15H30N2O3S/c1-21(18,19)16-15-6-4-10-17(13-15)9-3-2-5-14-7-11-20-12-8-14/h14-16H,2-13H2,1H3/t15-/m0/s1. The van der Waals surface area contributed by atoms with Crippen LogP contribution in [-0.2, 0) is 14.8 Å². The van der Waals surface area contributed by atoms with Crippen molar-refractivity contribution >= 4 is 10.0 Å². The maximum Gasteiger partial charge on any atom is 0.208 e. The summed E-state index contributed by atoms with van der Waals surface area (Å²) < 4.78 is 30.7. The summed E-state index contributed by atoms with van der Waals surface area (Å²) in [5, 5.41) is 0. The van der Waals surface area contributed by atoms with Gasteiger partial charge in [-0.2, -0.15) is 0 Å². The van der Waals surface area contributed by atoms with Crippen LogP contribution in [0.5, 0.6) is 0 Å². The van der Waals surface area contributed by atoms with Crippen LogP contribution in [-0.4, -0.2) is 58.5 Å². The second-order valence-corrected chi connectivity index (χ2v) is 8.36. The Morgan fingerprint density at radius 1 is 1.19 bits per heavy atom. The zero-order valence-corrected chi connectivity index (χ0v) is 14.0. The van der Waals surface area contributed by atoms with Crippen molar-refractivity contribution in [3.63, 3.8) is 0 Å². The van der Waals surface area contributed by atoms with Gasteiger partial charge in [-0.05, 0) is 51.1 Å². The van der Waals surface area contributed by atoms with Gasteiger partial charge in [-0.15, -0.1) is 0 Å². The Morgan fingerprint density at radius 3 is 2.67 bits per heavy atom. The quantitative estimate of drug-likeness (QED) is 0.724. The number of ether oxygens (including phenoxy) is 1. The summed E-state index contributed by atoms with van der Waals surface area (Å²) in [7, 11) is -3.08. The molecule has 21 heavy (non-hydrogen) atoms. The van der Waals surface area contributed by atoms with Crippen LogP contribution in [0.1, 0.15) is 44.9 Å². The van der Waals surface area contributed by atoms with Gasteiger partial charge >= 0.3 is 0 Å². The molecule has 0 spiro atoms. The van der Waals surface area contributed by atoms with Crippen LogP contribution in [0.15, 0.2) is 0 Å². The number of rotatable bonds is 7. The van der Waals surface area contributed by atoms with Crippen LogP contribution in [0.4, 0.5) is 0 Å². The molecule has 2 aliphatic heterocycles. The van der Waals surface area contributed by atoms with Crippen LogP contribution in [0.3, 0.4) is 0 Å². The van der Waals surface area contributed by atoms with Crippen LogP contribution in [0.2, 0.25) is 0 Å². The van der Waals surface area contributed by atoms with Crippen LogP contribution < -0.4 is 4.72 Å². The van der Waals surface area contributed by atoms with E-state index in [1.165, 1.54) is 38.4 Å². The normalized spacial score (nSPS) is 26.0. The molecule has 1 N–H and O–H groups in total. The van der Waals surface area contributed by atoms with Gasteiger partial charge in [-0.1, -0.05) is 12.8 Å². The van der Waals surface area contributed by atoms with Gasteiger partial charge in [0.25, 0.3) is 0 Å². The van der Waals surface area contributed by atoms with E-state index in [0.717, 1.165) is 51.6 Å². The van der Waals surface area contributed by atoms with Crippen molar-refractivity contribution in [1.29, 1.82) is 0 Å². The van der Waals surface area contributed by atoms with Gasteiger partial charge in [0.05, 0.1) is 6.26 Å². The molecule has 2 rings (SSSR count). The zero-order valence-electron chi connectivity index (χ0n) is 13.2. The van der Waals surface area contributed by atoms with Gasteiger partial charge in [0.1, 0.15) is 0 Å². The molecule has 1 atom stereocenters. The van der Waals surface area contributed by atoms with Crippen molar-refractivity contribution in [1.82, 2.24) is 9.62 Å². The highest BCUT2D eigenvalue weighted by molar-refractivity contribution is 7.88. The van der Waals surface area contributed by atoms with Gasteiger partial charge in [-0.3, -0.25) is 0 Å². The molecule has 2 aliphatic rings. The molecule has 2 fully saturated rings. The third-order valence-corrected chi connectivity index (χ3v) is 5.33. The highest BCUT2D eigenvalue weighted by Crippen LogP contribution is 2.21. The topological polar surface area (TPSA) is 58.6 Å². The Labute approximate surface area is 129 Å². The van der Waals surface area contributed by atoms with Crippen molar-refractivity contribution in [2.45, 2.75) is 51.0 Å². The first-order valence-corrected chi connectivity index (χ1v) is 10.2. The highest BCUT2D eigenvalue weighted by Gasteiger charge is 2.22. The first kappa shape index (κ1) is 17.2. The number of piperidine rings is 1. The first-order chi connectivity index (χ1) is 10.0. The second kappa shape index (κ2) is 8.46. The summed E-state index contributed by atoms with van der Waals surface area (Å²) in [6.45, 7) is 4.96. The molecule has 0 aromatic carbocycles. The molecule has 5 nitrogen and oxygen atoms in total. The molecular formula is C15H30N2O3S. The SMILES string of the molecule is CS(=O)(=O)N[C@H]1CCCN(CCCCC2CCOCC2)C1. The average Bonchev–Trinajstić information content (AvgIpc) is 2.43. The molecule has 0 aromatic heterocycles. The summed E-state index contributed by atoms with van der Waals surface area (Å²) in [4.78, 5) is 2.41. The maximum absolute atomic E-state index is 11.3. The van der Waals surface area contributed by atoms with Crippen LogP contribution in [0, 0.1) is 5.92 Å². The Morgan fingerprint density at radius 2 is 1.95 bits per heavy atom. The van der Waals surface area contributed by atoms with Crippen molar-refractivity contribution in [2.24, 2.45) is 5.92 Å². The smallest absolute Gasteiger partial charge is 0.208 e. The van der Waals surface area contributed by atoms with Crippen molar-refractivity contribution in [2.75, 3.05) is 39.1 Å². The van der Waals surface area contributed by atoms with Gasteiger partial charge in [0.15, 0.2) is 0 Å². The molecule has 0 saturated carbocycles. The first-order valence-electron chi connectivity index (χ1n) is 8.30. The van der Waals surface area contributed by atoms with E-state index >= 15 is 0 Å². The fourth-order valence-corrected chi connectivity index (χ4v) is 4.26. The molecule has 124 valence electrons. The molecule has 0 bridgehead atoms. The summed E-state index contributed by atoms with van der Waals surface area (Å²) >= 11 is 0. The molecule has 0 radical (unpaired) electrons. The maximum atomic E-state index is 11.3. The minimum Gasteiger partial charge on any atom is -0.381 e. The number of hydrogen-bond acceptors (Lipinski definition) is 4. The summed E-state index contributed by atoms with van der Waals surface area (Å²) in [5.41, 5.74) is 0. The largest absolute Gasteiger partial charge is 0.381 e.